The van der Waals surface area contributed by atoms with Gasteiger partial charge in [-0.25, -0.2) is 4.39 Å². The molecule has 3 aromatic rings. The van der Waals surface area contributed by atoms with E-state index in [1.54, 1.807) is 6.92 Å². The minimum Gasteiger partial charge on any atom is -0.465 e. The molecule has 29 heavy (non-hydrogen) atoms. The van der Waals surface area contributed by atoms with Crippen LogP contribution in [0.4, 0.5) is 10.1 Å². The Hall–Kier alpha value is -3.12. The first-order valence-electron chi connectivity index (χ1n) is 8.21. The van der Waals surface area contributed by atoms with Crippen LogP contribution < -0.4 is 4.80 Å². The highest BCUT2D eigenvalue weighted by Gasteiger charge is 2.18. The lowest BCUT2D eigenvalue weighted by molar-refractivity contribution is -0.384. The zero-order chi connectivity index (χ0) is 21.2. The predicted molar refractivity (Wildman–Crippen MR) is 102 cm³/mol. The maximum Gasteiger partial charge on any atom is 0.326 e. The normalized spacial score (nSPS) is 12.3. The molecule has 0 saturated heterocycles. The van der Waals surface area contributed by atoms with Gasteiger partial charge in [-0.05, 0) is 37.3 Å². The zero-order valence-electron chi connectivity index (χ0n) is 14.9. The molecule has 0 radical (unpaired) electrons. The van der Waals surface area contributed by atoms with Crippen LogP contribution in [0.3, 0.4) is 0 Å². The van der Waals surface area contributed by atoms with Gasteiger partial charge in [0, 0.05) is 12.1 Å². The summed E-state index contributed by atoms with van der Waals surface area (Å²) in [5.41, 5.74) is 0.205. The molecule has 0 fully saturated rings. The molecule has 0 amide bonds. The monoisotopic (exact) mass is 439 g/mol. The van der Waals surface area contributed by atoms with Crippen LogP contribution in [0, 0.1) is 15.9 Å². The van der Waals surface area contributed by atoms with Crippen LogP contribution in [0.1, 0.15) is 6.92 Å². The lowest BCUT2D eigenvalue weighted by Crippen LogP contribution is -2.23. The van der Waals surface area contributed by atoms with E-state index in [0.717, 1.165) is 35.6 Å². The Bertz CT molecular complexity index is 1260. The standard InChI is InChI=1S/C17H14FN3O6S2/c1-2-27-16(22)10-20-14-8-5-12(21(23)24)9-15(14)28-17(20)19-29(25,26)13-6-3-11(18)4-7-13/h3-9H,2,10H2,1H3. The highest BCUT2D eigenvalue weighted by atomic mass is 32.2. The van der Waals surface area contributed by atoms with Gasteiger partial charge in [0.25, 0.3) is 15.7 Å². The minimum absolute atomic E-state index is 0.0714. The number of hydrogen-bond acceptors (Lipinski definition) is 7. The summed E-state index contributed by atoms with van der Waals surface area (Å²) in [6.45, 7) is 1.43. The molecule has 152 valence electrons. The quantitative estimate of drug-likeness (QED) is 0.331. The van der Waals surface area contributed by atoms with Gasteiger partial charge in [0.1, 0.15) is 12.4 Å². The Morgan fingerprint density at radius 3 is 2.59 bits per heavy atom. The second kappa shape index (κ2) is 8.09. The molecule has 1 heterocycles. The van der Waals surface area contributed by atoms with Crippen molar-refractivity contribution in [3.05, 3.63) is 63.2 Å². The number of hydrogen-bond donors (Lipinski definition) is 0. The van der Waals surface area contributed by atoms with E-state index in [2.05, 4.69) is 4.40 Å². The third kappa shape index (κ3) is 4.49. The number of nitrogens with zero attached hydrogens (tertiary/aromatic N) is 3. The molecule has 0 aliphatic carbocycles. The number of ether oxygens (including phenoxy) is 1. The van der Waals surface area contributed by atoms with Crippen molar-refractivity contribution in [3.8, 4) is 0 Å². The molecule has 1 aromatic heterocycles. The first-order valence-corrected chi connectivity index (χ1v) is 10.5. The molecule has 0 aliphatic rings. The zero-order valence-corrected chi connectivity index (χ0v) is 16.6. The van der Waals surface area contributed by atoms with Crippen molar-refractivity contribution in [2.75, 3.05) is 6.61 Å². The van der Waals surface area contributed by atoms with E-state index in [4.69, 9.17) is 4.74 Å². The number of carbonyl (C=O) groups excluding carboxylic acids is 1. The van der Waals surface area contributed by atoms with Gasteiger partial charge in [0.2, 0.25) is 4.80 Å². The number of nitro groups is 1. The molecule has 0 atom stereocenters. The topological polar surface area (TPSA) is 121 Å². The molecule has 0 saturated carbocycles. The van der Waals surface area contributed by atoms with Crippen LogP contribution in [0.2, 0.25) is 0 Å². The summed E-state index contributed by atoms with van der Waals surface area (Å²) < 4.78 is 48.7. The minimum atomic E-state index is -4.21. The summed E-state index contributed by atoms with van der Waals surface area (Å²) in [4.78, 5) is 22.1. The highest BCUT2D eigenvalue weighted by Crippen LogP contribution is 2.24. The maximum absolute atomic E-state index is 13.1. The summed E-state index contributed by atoms with van der Waals surface area (Å²) in [6.07, 6.45) is 0. The van der Waals surface area contributed by atoms with Crippen LogP contribution in [-0.2, 0) is 26.1 Å². The van der Waals surface area contributed by atoms with Crippen molar-refractivity contribution in [1.82, 2.24) is 4.57 Å². The lowest BCUT2D eigenvalue weighted by atomic mass is 10.3. The number of non-ortho nitro benzene ring substituents is 1. The van der Waals surface area contributed by atoms with Crippen LogP contribution in [0.25, 0.3) is 10.2 Å². The van der Waals surface area contributed by atoms with Crippen molar-refractivity contribution in [2.24, 2.45) is 4.40 Å². The van der Waals surface area contributed by atoms with E-state index >= 15 is 0 Å². The molecule has 0 spiro atoms. The number of carbonyl (C=O) groups is 1. The molecular weight excluding hydrogens is 425 g/mol. The Kier molecular flexibility index (Phi) is 5.75. The molecule has 0 bridgehead atoms. The summed E-state index contributed by atoms with van der Waals surface area (Å²) >= 11 is 0.871. The van der Waals surface area contributed by atoms with Gasteiger partial charge < -0.3 is 9.30 Å². The summed E-state index contributed by atoms with van der Waals surface area (Å²) in [6, 6.07) is 8.05. The van der Waals surface area contributed by atoms with Gasteiger partial charge in [0.05, 0.1) is 26.6 Å². The third-order valence-corrected chi connectivity index (χ3v) is 6.22. The van der Waals surface area contributed by atoms with Gasteiger partial charge in [-0.3, -0.25) is 14.9 Å². The van der Waals surface area contributed by atoms with E-state index in [1.807, 2.05) is 0 Å². The van der Waals surface area contributed by atoms with Crippen molar-refractivity contribution < 1.29 is 27.3 Å². The lowest BCUT2D eigenvalue weighted by Gasteiger charge is -2.05. The van der Waals surface area contributed by atoms with Crippen molar-refractivity contribution in [3.63, 3.8) is 0 Å². The van der Waals surface area contributed by atoms with Gasteiger partial charge in [-0.2, -0.15) is 8.42 Å². The second-order valence-electron chi connectivity index (χ2n) is 5.71. The Morgan fingerprint density at radius 1 is 1.28 bits per heavy atom. The summed E-state index contributed by atoms with van der Waals surface area (Å²) in [5, 5.41) is 11.0. The maximum atomic E-state index is 13.1. The Morgan fingerprint density at radius 2 is 1.97 bits per heavy atom. The van der Waals surface area contributed by atoms with Crippen LogP contribution in [0.5, 0.6) is 0 Å². The number of esters is 1. The SMILES string of the molecule is CCOC(=O)Cn1c(=NS(=O)(=O)c2ccc(F)cc2)sc2cc([N+](=O)[O-])ccc21. The predicted octanol–water partition coefficient (Wildman–Crippen LogP) is 2.60. The van der Waals surface area contributed by atoms with Crippen molar-refractivity contribution in [2.45, 2.75) is 18.4 Å². The fourth-order valence-corrected chi connectivity index (χ4v) is 4.76. The fourth-order valence-electron chi connectivity index (χ4n) is 2.50. The smallest absolute Gasteiger partial charge is 0.326 e. The average Bonchev–Trinajstić information content (AvgIpc) is 2.98. The number of halogens is 1. The van der Waals surface area contributed by atoms with E-state index in [0.29, 0.717) is 10.2 Å². The molecule has 0 unspecified atom stereocenters. The number of fused-ring (bicyclic) bond motifs is 1. The average molecular weight is 439 g/mol. The fraction of sp³-hybridized carbons (Fsp3) is 0.176. The first-order chi connectivity index (χ1) is 13.7. The second-order valence-corrected chi connectivity index (χ2v) is 8.32. The molecule has 3 rings (SSSR count). The van der Waals surface area contributed by atoms with Crippen molar-refractivity contribution in [1.29, 1.82) is 0 Å². The molecule has 0 aliphatic heterocycles. The van der Waals surface area contributed by atoms with Crippen LogP contribution in [0.15, 0.2) is 51.8 Å². The van der Waals surface area contributed by atoms with Gasteiger partial charge >= 0.3 is 5.97 Å². The Balaban J connectivity index is 2.21. The number of sulfonamides is 1. The third-order valence-electron chi connectivity index (χ3n) is 3.78. The summed E-state index contributed by atoms with van der Waals surface area (Å²) in [7, 11) is -4.21. The summed E-state index contributed by atoms with van der Waals surface area (Å²) in [5.74, 6) is -1.22. The largest absolute Gasteiger partial charge is 0.465 e. The number of nitro benzene ring substituents is 1. The number of aromatic nitrogens is 1. The van der Waals surface area contributed by atoms with E-state index in [1.165, 1.54) is 22.8 Å². The van der Waals surface area contributed by atoms with Crippen LogP contribution in [-0.4, -0.2) is 30.5 Å². The number of rotatable bonds is 6. The van der Waals surface area contributed by atoms with Gasteiger partial charge in [-0.15, -0.1) is 4.40 Å². The molecule has 12 heteroatoms. The number of thiazole rings is 1. The molecular formula is C17H14FN3O6S2. The molecule has 9 nitrogen and oxygen atoms in total. The number of benzene rings is 2. The highest BCUT2D eigenvalue weighted by molar-refractivity contribution is 7.90. The van der Waals surface area contributed by atoms with Crippen molar-refractivity contribution >= 4 is 43.2 Å². The van der Waals surface area contributed by atoms with Gasteiger partial charge in [-0.1, -0.05) is 11.3 Å². The Labute approximate surface area is 167 Å². The van der Waals surface area contributed by atoms with E-state index in [9.17, 15) is 27.7 Å². The molecule has 2 aromatic carbocycles. The first kappa shape index (κ1) is 20.6. The van der Waals surface area contributed by atoms with E-state index < -0.39 is 26.7 Å². The molecule has 0 N–H and O–H groups in total. The van der Waals surface area contributed by atoms with Gasteiger partial charge in [0.15, 0.2) is 0 Å². The van der Waals surface area contributed by atoms with Crippen LogP contribution >= 0.6 is 11.3 Å². The van der Waals surface area contributed by atoms with E-state index in [-0.39, 0.29) is 28.5 Å².